The Balaban J connectivity index is 1.83. The van der Waals surface area contributed by atoms with E-state index in [9.17, 15) is 22.8 Å². The molecule has 0 aliphatic carbocycles. The van der Waals surface area contributed by atoms with Crippen LogP contribution in [0.25, 0.3) is 11.4 Å². The Morgan fingerprint density at radius 2 is 1.87 bits per heavy atom. The molecule has 0 amide bonds. The fourth-order valence-electron chi connectivity index (χ4n) is 3.08. The second-order valence-corrected chi connectivity index (χ2v) is 7.25. The Labute approximate surface area is 182 Å². The smallest absolute Gasteiger partial charge is 0.265 e. The molecule has 0 radical (unpaired) electrons. The summed E-state index contributed by atoms with van der Waals surface area (Å²) in [6, 6.07) is 7.92. The zero-order chi connectivity index (χ0) is 22.4. The highest BCUT2D eigenvalue weighted by Crippen LogP contribution is 2.48. The van der Waals surface area contributed by atoms with E-state index < -0.39 is 33.2 Å². The van der Waals surface area contributed by atoms with Crippen molar-refractivity contribution in [1.29, 1.82) is 5.26 Å². The van der Waals surface area contributed by atoms with Gasteiger partial charge in [-0.25, -0.2) is 14.1 Å². The van der Waals surface area contributed by atoms with E-state index in [-0.39, 0.29) is 16.8 Å². The van der Waals surface area contributed by atoms with Crippen molar-refractivity contribution in [1.82, 2.24) is 20.2 Å². The van der Waals surface area contributed by atoms with Crippen LogP contribution in [0.1, 0.15) is 16.7 Å². The lowest BCUT2D eigenvalue weighted by atomic mass is 9.91. The van der Waals surface area contributed by atoms with Crippen molar-refractivity contribution >= 4 is 28.9 Å². The molecule has 0 saturated heterocycles. The maximum Gasteiger partial charge on any atom is 0.428 e. The lowest BCUT2D eigenvalue weighted by Gasteiger charge is -2.28. The number of hydroxylamine groups is 1. The predicted octanol–water partition coefficient (Wildman–Crippen LogP) is 4.92. The summed E-state index contributed by atoms with van der Waals surface area (Å²) in [5.74, 6) is -1.04. The summed E-state index contributed by atoms with van der Waals surface area (Å²) in [4.78, 5) is 8.77. The summed E-state index contributed by atoms with van der Waals surface area (Å²) in [5.41, 5.74) is -0.541. The molecule has 0 fully saturated rings. The molecule has 6 nitrogen and oxygen atoms in total. The van der Waals surface area contributed by atoms with Gasteiger partial charge in [-0.2, -0.15) is 23.5 Å². The first kappa shape index (κ1) is 21.1. The van der Waals surface area contributed by atoms with Gasteiger partial charge in [0, 0.05) is 11.1 Å². The van der Waals surface area contributed by atoms with E-state index in [0.29, 0.717) is 5.69 Å². The van der Waals surface area contributed by atoms with Crippen molar-refractivity contribution in [2.24, 2.45) is 0 Å². The summed E-state index contributed by atoms with van der Waals surface area (Å²) in [6.07, 6.45) is -1.52. The first-order valence-electron chi connectivity index (χ1n) is 8.44. The zero-order valence-electron chi connectivity index (χ0n) is 15.1. The predicted molar refractivity (Wildman–Crippen MR) is 102 cm³/mol. The number of nitrogens with one attached hydrogen (secondary N) is 1. The number of benzene rings is 2. The number of hydrogen-bond acceptors (Lipinski definition) is 5. The van der Waals surface area contributed by atoms with Gasteiger partial charge in [0.15, 0.2) is 5.82 Å². The van der Waals surface area contributed by atoms with Crippen LogP contribution in [0.2, 0.25) is 10.0 Å². The van der Waals surface area contributed by atoms with Crippen molar-refractivity contribution < 1.29 is 22.4 Å². The Morgan fingerprint density at radius 1 is 1.16 bits per heavy atom. The third-order valence-corrected chi connectivity index (χ3v) is 5.15. The largest absolute Gasteiger partial charge is 0.428 e. The van der Waals surface area contributed by atoms with Crippen LogP contribution in [-0.4, -0.2) is 20.9 Å². The summed E-state index contributed by atoms with van der Waals surface area (Å²) in [7, 11) is 0. The molecule has 1 unspecified atom stereocenters. The molecule has 0 spiro atoms. The lowest BCUT2D eigenvalue weighted by molar-refractivity contribution is -0.269. The van der Waals surface area contributed by atoms with Crippen LogP contribution in [0.3, 0.4) is 0 Å². The molecule has 4 rings (SSSR count). The highest BCUT2D eigenvalue weighted by Gasteiger charge is 2.59. The van der Waals surface area contributed by atoms with Crippen molar-refractivity contribution in [2.45, 2.75) is 11.8 Å². The van der Waals surface area contributed by atoms with E-state index >= 15 is 0 Å². The highest BCUT2D eigenvalue weighted by molar-refractivity contribution is 6.35. The minimum Gasteiger partial charge on any atom is -0.265 e. The average molecular weight is 470 g/mol. The summed E-state index contributed by atoms with van der Waals surface area (Å²) >= 11 is 11.4. The topological polar surface area (TPSA) is 75.8 Å². The van der Waals surface area contributed by atoms with Gasteiger partial charge in [0.1, 0.15) is 18.7 Å². The molecule has 12 heteroatoms. The second-order valence-electron chi connectivity index (χ2n) is 6.43. The van der Waals surface area contributed by atoms with Crippen LogP contribution in [0.4, 0.5) is 17.6 Å². The van der Waals surface area contributed by atoms with E-state index in [4.69, 9.17) is 28.0 Å². The van der Waals surface area contributed by atoms with Crippen molar-refractivity contribution in [2.75, 3.05) is 0 Å². The fraction of sp³-hybridized carbons (Fsp3) is 0.105. The molecule has 3 aromatic rings. The number of alkyl halides is 3. The highest BCUT2D eigenvalue weighted by atomic mass is 35.5. The van der Waals surface area contributed by atoms with Crippen LogP contribution in [-0.2, 0) is 10.4 Å². The maximum absolute atomic E-state index is 14.1. The normalized spacial score (nSPS) is 18.4. The molecule has 2 heterocycles. The van der Waals surface area contributed by atoms with Gasteiger partial charge in [-0.15, -0.1) is 0 Å². The van der Waals surface area contributed by atoms with Gasteiger partial charge in [-0.3, -0.25) is 10.3 Å². The maximum atomic E-state index is 14.1. The molecule has 1 N–H and O–H groups in total. The van der Waals surface area contributed by atoms with Crippen molar-refractivity contribution in [3.05, 3.63) is 81.6 Å². The van der Waals surface area contributed by atoms with Gasteiger partial charge in [-0.1, -0.05) is 29.3 Å². The minimum absolute atomic E-state index is 0.0597. The molecule has 0 saturated carbocycles. The van der Waals surface area contributed by atoms with E-state index in [2.05, 4.69) is 15.6 Å². The molecular weight excluding hydrogens is 461 g/mol. The molecule has 158 valence electrons. The van der Waals surface area contributed by atoms with Gasteiger partial charge in [-0.05, 0) is 30.3 Å². The van der Waals surface area contributed by atoms with Crippen LogP contribution >= 0.6 is 23.2 Å². The molecule has 2 aromatic carbocycles. The lowest BCUT2D eigenvalue weighted by Crippen LogP contribution is -2.42. The molecule has 1 atom stereocenters. The molecule has 1 aromatic heterocycles. The van der Waals surface area contributed by atoms with Crippen LogP contribution in [0, 0.1) is 17.1 Å². The Kier molecular flexibility index (Phi) is 5.13. The van der Waals surface area contributed by atoms with Gasteiger partial charge in [0.2, 0.25) is 5.60 Å². The number of nitrogens with zero attached hydrogens (tertiary/aromatic N) is 4. The monoisotopic (exact) mass is 469 g/mol. The van der Waals surface area contributed by atoms with Gasteiger partial charge < -0.3 is 0 Å². The van der Waals surface area contributed by atoms with Gasteiger partial charge in [0.05, 0.1) is 27.0 Å². The number of hydrogen-bond donors (Lipinski definition) is 1. The first-order valence-corrected chi connectivity index (χ1v) is 9.20. The number of aromatic nitrogens is 3. The van der Waals surface area contributed by atoms with E-state index in [1.807, 2.05) is 6.07 Å². The standard InChI is InChI=1S/C19H9Cl2F4N5O/c20-13-4-12(5-14(21)17(13)22)18(19(23,24)25)6-15(29-31-18)10-1-2-16(11(3-10)7-26)30-9-27-8-28-30/h1-6,8-9,29H. The molecule has 1 aliphatic rings. The zero-order valence-corrected chi connectivity index (χ0v) is 16.6. The molecule has 1 aliphatic heterocycles. The van der Waals surface area contributed by atoms with Crippen molar-refractivity contribution in [3.63, 3.8) is 0 Å². The quantitative estimate of drug-likeness (QED) is 0.435. The molecule has 0 bridgehead atoms. The summed E-state index contributed by atoms with van der Waals surface area (Å²) in [5, 5.41) is 12.2. The second kappa shape index (κ2) is 7.53. The van der Waals surface area contributed by atoms with Crippen LogP contribution in [0.15, 0.2) is 49.1 Å². The van der Waals surface area contributed by atoms with E-state index in [0.717, 1.165) is 18.2 Å². The third kappa shape index (κ3) is 3.50. The number of halogens is 6. The minimum atomic E-state index is -4.95. The fourth-order valence-corrected chi connectivity index (χ4v) is 3.57. The summed E-state index contributed by atoms with van der Waals surface area (Å²) < 4.78 is 57.4. The van der Waals surface area contributed by atoms with Crippen molar-refractivity contribution in [3.8, 4) is 11.8 Å². The Morgan fingerprint density at radius 3 is 2.45 bits per heavy atom. The van der Waals surface area contributed by atoms with E-state index in [1.165, 1.54) is 35.5 Å². The van der Waals surface area contributed by atoms with Crippen LogP contribution < -0.4 is 5.48 Å². The SMILES string of the molecule is N#Cc1cc(C2=CC(c3cc(Cl)c(F)c(Cl)c3)(C(F)(F)F)ON2)ccc1-n1cncn1. The Bertz CT molecular complexity index is 1210. The van der Waals surface area contributed by atoms with E-state index in [1.54, 1.807) is 0 Å². The van der Waals surface area contributed by atoms with Gasteiger partial charge in [0.25, 0.3) is 0 Å². The Hall–Kier alpha value is -3.13. The average Bonchev–Trinajstić information content (AvgIpc) is 3.41. The molecule has 31 heavy (non-hydrogen) atoms. The first-order chi connectivity index (χ1) is 14.7. The summed E-state index contributed by atoms with van der Waals surface area (Å²) in [6.45, 7) is 0. The molecular formula is C19H9Cl2F4N5O. The number of nitriles is 1. The van der Waals surface area contributed by atoms with Gasteiger partial charge >= 0.3 is 6.18 Å². The van der Waals surface area contributed by atoms with Crippen LogP contribution in [0.5, 0.6) is 0 Å². The third-order valence-electron chi connectivity index (χ3n) is 4.60. The number of rotatable bonds is 3.